The summed E-state index contributed by atoms with van der Waals surface area (Å²) in [6.45, 7) is 2.01. The highest BCUT2D eigenvalue weighted by molar-refractivity contribution is 7.99. The summed E-state index contributed by atoms with van der Waals surface area (Å²) < 4.78 is 0. The normalized spacial score (nSPS) is 14.3. The van der Waals surface area contributed by atoms with Gasteiger partial charge < -0.3 is 10.4 Å². The predicted molar refractivity (Wildman–Crippen MR) is 85.4 cm³/mol. The Morgan fingerprint density at radius 1 is 1.33 bits per heavy atom. The maximum Gasteiger partial charge on any atom is 0.313 e. The lowest BCUT2D eigenvalue weighted by Crippen LogP contribution is -2.14. The van der Waals surface area contributed by atoms with Gasteiger partial charge in [-0.3, -0.25) is 9.59 Å². The van der Waals surface area contributed by atoms with Gasteiger partial charge in [0.2, 0.25) is 0 Å². The second kappa shape index (κ2) is 7.31. The van der Waals surface area contributed by atoms with Crippen molar-refractivity contribution in [3.8, 4) is 0 Å². The van der Waals surface area contributed by atoms with Gasteiger partial charge in [0.05, 0.1) is 5.75 Å². The van der Waals surface area contributed by atoms with Gasteiger partial charge in [-0.2, -0.15) is 0 Å². The van der Waals surface area contributed by atoms with E-state index in [1.54, 1.807) is 0 Å². The van der Waals surface area contributed by atoms with Crippen molar-refractivity contribution in [2.45, 2.75) is 31.9 Å². The molecule has 2 N–H and O–H groups in total. The number of thioether (sulfide) groups is 1. The van der Waals surface area contributed by atoms with Crippen molar-refractivity contribution in [1.82, 2.24) is 0 Å². The first kappa shape index (κ1) is 15.6. The Morgan fingerprint density at radius 2 is 2.14 bits per heavy atom. The Kier molecular flexibility index (Phi) is 5.44. The lowest BCUT2D eigenvalue weighted by Gasteiger charge is -2.08. The van der Waals surface area contributed by atoms with E-state index in [-0.39, 0.29) is 11.7 Å². The van der Waals surface area contributed by atoms with Crippen molar-refractivity contribution in [1.29, 1.82) is 0 Å². The van der Waals surface area contributed by atoms with Crippen LogP contribution in [0, 0.1) is 0 Å². The molecule has 0 unspecified atom stereocenters. The highest BCUT2D eigenvalue weighted by Crippen LogP contribution is 2.26. The van der Waals surface area contributed by atoms with Crippen LogP contribution in [-0.2, 0) is 15.3 Å². The van der Waals surface area contributed by atoms with Gasteiger partial charge in [0.1, 0.15) is 0 Å². The highest BCUT2D eigenvalue weighted by Gasteiger charge is 2.17. The predicted octanol–water partition coefficient (Wildman–Crippen LogP) is 3.44. The number of carboxylic acids is 1. The molecule has 5 heteroatoms. The molecule has 0 atom stereocenters. The molecule has 1 aromatic carbocycles. The van der Waals surface area contributed by atoms with Gasteiger partial charge in [0, 0.05) is 17.0 Å². The first-order chi connectivity index (χ1) is 10.1. The van der Waals surface area contributed by atoms with Crippen molar-refractivity contribution in [2.24, 2.45) is 0 Å². The summed E-state index contributed by atoms with van der Waals surface area (Å²) in [6.07, 6.45) is 2.92. The van der Waals surface area contributed by atoms with Crippen LogP contribution in [0.2, 0.25) is 0 Å². The van der Waals surface area contributed by atoms with E-state index in [9.17, 15) is 9.59 Å². The molecular weight excluding hydrogens is 286 g/mol. The molecule has 4 nitrogen and oxygen atoms in total. The minimum Gasteiger partial charge on any atom is -0.481 e. The molecule has 1 aliphatic carbocycles. The Bertz CT molecular complexity index is 581. The van der Waals surface area contributed by atoms with Crippen molar-refractivity contribution < 1.29 is 14.7 Å². The van der Waals surface area contributed by atoms with Crippen LogP contribution < -0.4 is 5.32 Å². The zero-order valence-electron chi connectivity index (χ0n) is 12.0. The van der Waals surface area contributed by atoms with Crippen molar-refractivity contribution in [3.63, 3.8) is 0 Å². The Morgan fingerprint density at radius 3 is 2.81 bits per heavy atom. The number of hydrogen-bond acceptors (Lipinski definition) is 3. The fourth-order valence-electron chi connectivity index (χ4n) is 2.40. The second-order valence-corrected chi connectivity index (χ2v) is 6.14. The van der Waals surface area contributed by atoms with Crippen LogP contribution in [0.5, 0.6) is 0 Å². The molecule has 0 fully saturated rings. The van der Waals surface area contributed by atoms with Crippen LogP contribution in [0.25, 0.3) is 0 Å². The van der Waals surface area contributed by atoms with Crippen LogP contribution in [-0.4, -0.2) is 22.7 Å². The lowest BCUT2D eigenvalue weighted by atomic mass is 10.1. The first-order valence-corrected chi connectivity index (χ1v) is 8.10. The summed E-state index contributed by atoms with van der Waals surface area (Å²) in [7, 11) is 0. The molecule has 0 aliphatic heterocycles. The number of carbonyl (C=O) groups excluding carboxylic acids is 1. The summed E-state index contributed by atoms with van der Waals surface area (Å²) in [5, 5.41) is 11.6. The number of carboxylic acid groups (broad SMARTS) is 1. The largest absolute Gasteiger partial charge is 0.481 e. The highest BCUT2D eigenvalue weighted by atomic mass is 32.2. The fraction of sp³-hybridized carbons (Fsp3) is 0.375. The van der Waals surface area contributed by atoms with Gasteiger partial charge in [0.15, 0.2) is 0 Å². The fourth-order valence-corrected chi connectivity index (χ4v) is 3.10. The standard InChI is InChI=1S/C16H19NO3S/c1-11-4-2-7-14(11)16(20)17-13-6-3-5-12(8-13)9-21-10-15(18)19/h3,5-6,8H,2,4,7,9-10H2,1H3,(H,17,20)(H,18,19). The minimum absolute atomic E-state index is 0.0136. The van der Waals surface area contributed by atoms with Crippen molar-refractivity contribution in [3.05, 3.63) is 41.0 Å². The number of amides is 1. The Hall–Kier alpha value is -1.75. The lowest BCUT2D eigenvalue weighted by molar-refractivity contribution is -0.133. The summed E-state index contributed by atoms with van der Waals surface area (Å²) >= 11 is 1.35. The third-order valence-corrected chi connectivity index (χ3v) is 4.44. The van der Waals surface area contributed by atoms with E-state index in [0.29, 0.717) is 5.75 Å². The Balaban J connectivity index is 1.96. The van der Waals surface area contributed by atoms with Crippen LogP contribution in [0.1, 0.15) is 31.7 Å². The molecule has 0 spiro atoms. The van der Waals surface area contributed by atoms with E-state index >= 15 is 0 Å². The van der Waals surface area contributed by atoms with Gasteiger partial charge in [-0.05, 0) is 43.9 Å². The third kappa shape index (κ3) is 4.63. The smallest absolute Gasteiger partial charge is 0.313 e. The summed E-state index contributed by atoms with van der Waals surface area (Å²) in [4.78, 5) is 22.7. The molecule has 0 aromatic heterocycles. The Labute approximate surface area is 128 Å². The maximum atomic E-state index is 12.2. The number of allylic oxidation sites excluding steroid dienone is 1. The molecule has 1 aromatic rings. The summed E-state index contributed by atoms with van der Waals surface area (Å²) in [5.41, 5.74) is 3.86. The molecule has 2 rings (SSSR count). The zero-order chi connectivity index (χ0) is 15.2. The average Bonchev–Trinajstić information content (AvgIpc) is 2.85. The third-order valence-electron chi connectivity index (χ3n) is 3.45. The molecule has 112 valence electrons. The molecule has 0 radical (unpaired) electrons. The van der Waals surface area contributed by atoms with Crippen LogP contribution in [0.3, 0.4) is 0 Å². The van der Waals surface area contributed by atoms with Crippen molar-refractivity contribution in [2.75, 3.05) is 11.1 Å². The molecular formula is C16H19NO3S. The molecule has 21 heavy (non-hydrogen) atoms. The molecule has 0 heterocycles. The zero-order valence-corrected chi connectivity index (χ0v) is 12.8. The number of anilines is 1. The van der Waals surface area contributed by atoms with Crippen LogP contribution >= 0.6 is 11.8 Å². The molecule has 1 aliphatic rings. The topological polar surface area (TPSA) is 66.4 Å². The SMILES string of the molecule is CC1=C(C(=O)Nc2cccc(CSCC(=O)O)c2)CCC1. The molecule has 1 amide bonds. The van der Waals surface area contributed by atoms with E-state index in [4.69, 9.17) is 5.11 Å². The van der Waals surface area contributed by atoms with Gasteiger partial charge in [0.25, 0.3) is 5.91 Å². The average molecular weight is 305 g/mol. The summed E-state index contributed by atoms with van der Waals surface area (Å²) in [5.74, 6) is -0.117. The second-order valence-electron chi connectivity index (χ2n) is 5.15. The van der Waals surface area contributed by atoms with Gasteiger partial charge >= 0.3 is 5.97 Å². The van der Waals surface area contributed by atoms with E-state index in [0.717, 1.165) is 36.1 Å². The number of carbonyl (C=O) groups is 2. The van der Waals surface area contributed by atoms with Crippen molar-refractivity contribution >= 4 is 29.3 Å². The van der Waals surface area contributed by atoms with Crippen LogP contribution in [0.15, 0.2) is 35.4 Å². The van der Waals surface area contributed by atoms with E-state index in [1.165, 1.54) is 17.3 Å². The number of hydrogen-bond donors (Lipinski definition) is 2. The van der Waals surface area contributed by atoms with E-state index in [2.05, 4.69) is 5.32 Å². The molecule has 0 saturated heterocycles. The van der Waals surface area contributed by atoms with E-state index < -0.39 is 5.97 Å². The van der Waals surface area contributed by atoms with Gasteiger partial charge in [-0.25, -0.2) is 0 Å². The van der Waals surface area contributed by atoms with Gasteiger partial charge in [-0.1, -0.05) is 17.7 Å². The quantitative estimate of drug-likeness (QED) is 0.845. The number of rotatable bonds is 6. The van der Waals surface area contributed by atoms with Crippen LogP contribution in [0.4, 0.5) is 5.69 Å². The first-order valence-electron chi connectivity index (χ1n) is 6.94. The maximum absolute atomic E-state index is 12.2. The molecule has 0 bridgehead atoms. The summed E-state index contributed by atoms with van der Waals surface area (Å²) in [6, 6.07) is 7.57. The minimum atomic E-state index is -0.812. The van der Waals surface area contributed by atoms with E-state index in [1.807, 2.05) is 31.2 Å². The monoisotopic (exact) mass is 305 g/mol. The number of nitrogens with one attached hydrogen (secondary N) is 1. The molecule has 0 saturated carbocycles. The number of benzene rings is 1. The van der Waals surface area contributed by atoms with Gasteiger partial charge in [-0.15, -0.1) is 11.8 Å². The number of aliphatic carboxylic acids is 1.